The number of carboxylic acid groups (broad SMARTS) is 3. The molecule has 5 N–H and O–H groups in total. The van der Waals surface area contributed by atoms with Crippen molar-refractivity contribution in [2.24, 2.45) is 0 Å². The van der Waals surface area contributed by atoms with Crippen LogP contribution in [0.5, 0.6) is 0 Å². The molecule has 0 bridgehead atoms. The van der Waals surface area contributed by atoms with Crippen molar-refractivity contribution < 1.29 is 43.7 Å². The molecule has 0 fully saturated rings. The first kappa shape index (κ1) is 33.3. The van der Waals surface area contributed by atoms with Gasteiger partial charge >= 0.3 is 17.9 Å². The highest BCUT2D eigenvalue weighted by atomic mass is 19.1. The molecule has 0 aliphatic carbocycles. The molecule has 0 aliphatic rings. The minimum atomic E-state index is -1.64. The normalized spacial score (nSPS) is 12.5. The van der Waals surface area contributed by atoms with E-state index in [9.17, 15) is 48.5 Å². The monoisotopic (exact) mass is 613 g/mol. The van der Waals surface area contributed by atoms with Crippen LogP contribution in [0.25, 0.3) is 10.9 Å². The topological polar surface area (TPSA) is 210 Å². The number of benzene rings is 2. The fraction of sp³-hybridized carbons (Fsp3) is 0.345. The summed E-state index contributed by atoms with van der Waals surface area (Å²) in [5, 5.41) is 33.5. The summed E-state index contributed by atoms with van der Waals surface area (Å²) in [6, 6.07) is 6.44. The molecule has 0 unspecified atom stereocenters. The van der Waals surface area contributed by atoms with Crippen molar-refractivity contribution in [2.75, 3.05) is 6.54 Å². The number of hydrazine groups is 1. The van der Waals surface area contributed by atoms with E-state index in [1.807, 2.05) is 0 Å². The number of hydrogen-bond donors (Lipinski definition) is 5. The Morgan fingerprint density at radius 3 is 2.32 bits per heavy atom. The summed E-state index contributed by atoms with van der Waals surface area (Å²) in [6.45, 7) is 3.24. The lowest BCUT2D eigenvalue weighted by molar-refractivity contribution is -0.171. The average Bonchev–Trinajstić information content (AvgIpc) is 2.96. The van der Waals surface area contributed by atoms with Crippen molar-refractivity contribution in [1.82, 2.24) is 25.3 Å². The van der Waals surface area contributed by atoms with Gasteiger partial charge in [0.2, 0.25) is 5.91 Å². The summed E-state index contributed by atoms with van der Waals surface area (Å²) in [5.74, 6) is -6.62. The number of hydrogen-bond acceptors (Lipinski definition) is 8. The van der Waals surface area contributed by atoms with Crippen LogP contribution in [0.4, 0.5) is 4.39 Å². The fourth-order valence-corrected chi connectivity index (χ4v) is 4.61. The number of fused-ring (bicyclic) bond motifs is 1. The molecule has 0 saturated heterocycles. The van der Waals surface area contributed by atoms with E-state index in [0.29, 0.717) is 16.9 Å². The van der Waals surface area contributed by atoms with Crippen LogP contribution in [0, 0.1) is 12.7 Å². The number of carbonyl (C=O) groups is 5. The van der Waals surface area contributed by atoms with Gasteiger partial charge in [-0.05, 0) is 49.6 Å². The molecule has 1 heterocycles. The van der Waals surface area contributed by atoms with Crippen LogP contribution < -0.4 is 10.9 Å². The summed E-state index contributed by atoms with van der Waals surface area (Å²) < 4.78 is 14.0. The Hall–Kier alpha value is -5.18. The van der Waals surface area contributed by atoms with E-state index in [1.54, 1.807) is 26.0 Å². The quantitative estimate of drug-likeness (QED) is 0.156. The fourth-order valence-electron chi connectivity index (χ4n) is 4.61. The SMILES string of the molecule is CCN(Cc1ccc2nc(C)[nH]c(=O)c2c1)N(C(=O)CC[C@H](NC(=O)c1ccccc1F)C(=O)O)[C@H](CCC(=O)O)C(=O)O. The third kappa shape index (κ3) is 8.44. The first-order valence-electron chi connectivity index (χ1n) is 13.6. The number of aromatic nitrogens is 2. The standard InChI is InChI=1S/C29H32FN5O9/c1-3-34(15-17-8-9-21-19(14-17)27(40)32-16(2)31-21)35(23(29(43)44)11-13-25(37)38)24(36)12-10-22(28(41)42)33-26(39)18-6-4-5-7-20(18)30/h4-9,14,22-23H,3,10-13,15H2,1-2H3,(H,33,39)(H,37,38)(H,41,42)(H,43,44)(H,31,32,40)/t22-,23+/m0/s1. The van der Waals surface area contributed by atoms with Gasteiger partial charge in [-0.2, -0.15) is 0 Å². The molecule has 0 spiro atoms. The van der Waals surface area contributed by atoms with Crippen LogP contribution in [0.1, 0.15) is 54.4 Å². The Morgan fingerprint density at radius 2 is 1.70 bits per heavy atom. The second-order valence-electron chi connectivity index (χ2n) is 9.89. The van der Waals surface area contributed by atoms with E-state index in [4.69, 9.17) is 0 Å². The van der Waals surface area contributed by atoms with E-state index in [0.717, 1.165) is 17.1 Å². The van der Waals surface area contributed by atoms with E-state index in [2.05, 4.69) is 15.3 Å². The molecule has 14 nitrogen and oxygen atoms in total. The largest absolute Gasteiger partial charge is 0.481 e. The van der Waals surface area contributed by atoms with Crippen LogP contribution >= 0.6 is 0 Å². The second-order valence-corrected chi connectivity index (χ2v) is 9.89. The zero-order chi connectivity index (χ0) is 32.6. The smallest absolute Gasteiger partial charge is 0.328 e. The summed E-state index contributed by atoms with van der Waals surface area (Å²) in [6.07, 6.45) is -2.09. The van der Waals surface area contributed by atoms with Gasteiger partial charge in [-0.25, -0.2) is 24.0 Å². The number of aromatic amines is 1. The summed E-state index contributed by atoms with van der Waals surface area (Å²) in [5.41, 5.74) is 0.139. The van der Waals surface area contributed by atoms with Gasteiger partial charge in [0.25, 0.3) is 11.5 Å². The lowest BCUT2D eigenvalue weighted by atomic mass is 10.1. The Labute approximate surface area is 250 Å². The number of amides is 2. The zero-order valence-electron chi connectivity index (χ0n) is 23.9. The van der Waals surface area contributed by atoms with Gasteiger partial charge in [0.1, 0.15) is 23.7 Å². The van der Waals surface area contributed by atoms with Crippen molar-refractivity contribution in [3.8, 4) is 0 Å². The number of carboxylic acids is 3. The molecular formula is C29H32FN5O9. The Kier molecular flexibility index (Phi) is 11.2. The van der Waals surface area contributed by atoms with Crippen molar-refractivity contribution in [1.29, 1.82) is 0 Å². The second kappa shape index (κ2) is 14.8. The molecule has 2 atom stereocenters. The zero-order valence-corrected chi connectivity index (χ0v) is 23.9. The highest BCUT2D eigenvalue weighted by Crippen LogP contribution is 2.20. The molecule has 3 rings (SSSR count). The lowest BCUT2D eigenvalue weighted by Gasteiger charge is -2.38. The molecule has 15 heteroatoms. The van der Waals surface area contributed by atoms with Crippen molar-refractivity contribution in [3.05, 3.63) is 75.6 Å². The van der Waals surface area contributed by atoms with Crippen LogP contribution in [0.3, 0.4) is 0 Å². The number of aryl methyl sites for hydroxylation is 1. The van der Waals surface area contributed by atoms with Gasteiger partial charge in [0.15, 0.2) is 0 Å². The van der Waals surface area contributed by atoms with E-state index < -0.39 is 84.4 Å². The van der Waals surface area contributed by atoms with Crippen LogP contribution in [0.15, 0.2) is 47.3 Å². The molecule has 1 aromatic heterocycles. The third-order valence-electron chi connectivity index (χ3n) is 6.76. The van der Waals surface area contributed by atoms with Gasteiger partial charge in [-0.1, -0.05) is 25.1 Å². The molecule has 0 radical (unpaired) electrons. The van der Waals surface area contributed by atoms with Crippen LogP contribution in [0.2, 0.25) is 0 Å². The van der Waals surface area contributed by atoms with E-state index >= 15 is 0 Å². The molecule has 44 heavy (non-hydrogen) atoms. The number of H-pyrrole nitrogens is 1. The van der Waals surface area contributed by atoms with Gasteiger partial charge in [0.05, 0.1) is 16.5 Å². The predicted octanol–water partition coefficient (Wildman–Crippen LogP) is 1.92. The minimum Gasteiger partial charge on any atom is -0.481 e. The molecule has 0 saturated carbocycles. The average molecular weight is 614 g/mol. The van der Waals surface area contributed by atoms with Crippen LogP contribution in [-0.2, 0) is 25.7 Å². The first-order chi connectivity index (χ1) is 20.8. The predicted molar refractivity (Wildman–Crippen MR) is 153 cm³/mol. The number of carbonyl (C=O) groups excluding carboxylic acids is 2. The molecular weight excluding hydrogens is 581 g/mol. The number of aliphatic carboxylic acids is 3. The maximum absolute atomic E-state index is 14.0. The maximum Gasteiger partial charge on any atom is 0.328 e. The van der Waals surface area contributed by atoms with E-state index in [1.165, 1.54) is 23.2 Å². The van der Waals surface area contributed by atoms with Gasteiger partial charge in [-0.15, -0.1) is 0 Å². The Morgan fingerprint density at radius 1 is 1.00 bits per heavy atom. The Bertz CT molecular complexity index is 1630. The van der Waals surface area contributed by atoms with Crippen LogP contribution in [-0.4, -0.2) is 83.7 Å². The molecule has 2 amide bonds. The summed E-state index contributed by atoms with van der Waals surface area (Å²) in [4.78, 5) is 81.0. The maximum atomic E-state index is 14.0. The number of halogens is 1. The third-order valence-corrected chi connectivity index (χ3v) is 6.76. The number of rotatable bonds is 15. The molecule has 3 aromatic rings. The summed E-state index contributed by atoms with van der Waals surface area (Å²) in [7, 11) is 0. The number of nitrogens with one attached hydrogen (secondary N) is 2. The molecule has 2 aromatic carbocycles. The Balaban J connectivity index is 1.90. The molecule has 234 valence electrons. The lowest BCUT2D eigenvalue weighted by Crippen LogP contribution is -2.55. The summed E-state index contributed by atoms with van der Waals surface area (Å²) >= 11 is 0. The molecule has 0 aliphatic heterocycles. The van der Waals surface area contributed by atoms with Crippen molar-refractivity contribution >= 4 is 40.6 Å². The highest BCUT2D eigenvalue weighted by Gasteiger charge is 2.35. The van der Waals surface area contributed by atoms with Crippen molar-refractivity contribution in [3.63, 3.8) is 0 Å². The highest BCUT2D eigenvalue weighted by molar-refractivity contribution is 5.97. The first-order valence-corrected chi connectivity index (χ1v) is 13.6. The minimum absolute atomic E-state index is 0.0650. The van der Waals surface area contributed by atoms with Gasteiger partial charge < -0.3 is 25.6 Å². The van der Waals surface area contributed by atoms with E-state index in [-0.39, 0.29) is 18.5 Å². The van der Waals surface area contributed by atoms with Gasteiger partial charge in [-0.3, -0.25) is 24.2 Å². The van der Waals surface area contributed by atoms with Gasteiger partial charge in [0, 0.05) is 25.9 Å². The number of nitrogens with zero attached hydrogens (tertiary/aromatic N) is 3. The van der Waals surface area contributed by atoms with Crippen molar-refractivity contribution in [2.45, 2.75) is 58.2 Å².